The maximum Gasteiger partial charge on any atom is 0.185 e. The van der Waals surface area contributed by atoms with Gasteiger partial charge in [0.05, 0.1) is 13.9 Å². The van der Waals surface area contributed by atoms with Crippen molar-refractivity contribution in [1.82, 2.24) is 0 Å². The standard InChI is InChI=1S/C8H12O2S3/c1-8(2,3)13(9,10)6-4-5-12-7(6)11/h4-5,11H,1-3H3. The number of hydrogen-bond acceptors (Lipinski definition) is 4. The van der Waals surface area contributed by atoms with Crippen LogP contribution < -0.4 is 0 Å². The molecule has 0 atom stereocenters. The van der Waals surface area contributed by atoms with Gasteiger partial charge in [0, 0.05) is 0 Å². The lowest BCUT2D eigenvalue weighted by atomic mass is 10.3. The Morgan fingerprint density at radius 3 is 2.23 bits per heavy atom. The summed E-state index contributed by atoms with van der Waals surface area (Å²) in [5.74, 6) is 0. The Kier molecular flexibility index (Phi) is 2.81. The molecule has 0 saturated heterocycles. The first-order valence-corrected chi connectivity index (χ1v) is 6.59. The fourth-order valence-corrected chi connectivity index (χ4v) is 3.66. The van der Waals surface area contributed by atoms with Crippen LogP contribution in [0.4, 0.5) is 0 Å². The van der Waals surface area contributed by atoms with E-state index in [4.69, 9.17) is 0 Å². The van der Waals surface area contributed by atoms with Gasteiger partial charge in [0.2, 0.25) is 0 Å². The highest BCUT2D eigenvalue weighted by atomic mass is 32.2. The van der Waals surface area contributed by atoms with Crippen LogP contribution >= 0.6 is 24.0 Å². The molecule has 0 fully saturated rings. The molecule has 74 valence electrons. The molecule has 0 radical (unpaired) electrons. The van der Waals surface area contributed by atoms with Crippen molar-refractivity contribution in [3.8, 4) is 0 Å². The highest BCUT2D eigenvalue weighted by Gasteiger charge is 2.32. The van der Waals surface area contributed by atoms with Gasteiger partial charge in [-0.15, -0.1) is 24.0 Å². The van der Waals surface area contributed by atoms with Crippen molar-refractivity contribution in [3.05, 3.63) is 11.4 Å². The van der Waals surface area contributed by atoms with Crippen molar-refractivity contribution in [3.63, 3.8) is 0 Å². The fraction of sp³-hybridized carbons (Fsp3) is 0.500. The van der Waals surface area contributed by atoms with E-state index in [-0.39, 0.29) is 0 Å². The molecule has 0 aliphatic rings. The summed E-state index contributed by atoms with van der Waals surface area (Å²) in [4.78, 5) is 0.341. The first-order chi connectivity index (χ1) is 5.77. The molecule has 1 aromatic heterocycles. The van der Waals surface area contributed by atoms with Crippen molar-refractivity contribution in [2.24, 2.45) is 0 Å². The highest BCUT2D eigenvalue weighted by molar-refractivity contribution is 7.93. The molecule has 1 heterocycles. The fourth-order valence-electron chi connectivity index (χ4n) is 0.824. The van der Waals surface area contributed by atoms with Gasteiger partial charge in [0.1, 0.15) is 0 Å². The van der Waals surface area contributed by atoms with E-state index in [1.165, 1.54) is 11.3 Å². The molecule has 0 aliphatic heterocycles. The summed E-state index contributed by atoms with van der Waals surface area (Å²) in [6, 6.07) is 1.60. The minimum Gasteiger partial charge on any atom is -0.223 e. The Bertz CT molecular complexity index is 395. The molecule has 1 aromatic rings. The van der Waals surface area contributed by atoms with E-state index in [0.717, 1.165) is 0 Å². The lowest BCUT2D eigenvalue weighted by Crippen LogP contribution is -2.27. The Labute approximate surface area is 88.3 Å². The largest absolute Gasteiger partial charge is 0.223 e. The van der Waals surface area contributed by atoms with Gasteiger partial charge < -0.3 is 0 Å². The third kappa shape index (κ3) is 1.92. The van der Waals surface area contributed by atoms with Crippen LogP contribution in [0.3, 0.4) is 0 Å². The van der Waals surface area contributed by atoms with Gasteiger partial charge in [0.15, 0.2) is 9.84 Å². The highest BCUT2D eigenvalue weighted by Crippen LogP contribution is 2.32. The summed E-state index contributed by atoms with van der Waals surface area (Å²) in [5, 5.41) is 1.74. The minimum atomic E-state index is -3.23. The molecule has 13 heavy (non-hydrogen) atoms. The van der Waals surface area contributed by atoms with E-state index < -0.39 is 14.6 Å². The van der Waals surface area contributed by atoms with E-state index in [0.29, 0.717) is 9.10 Å². The zero-order valence-corrected chi connectivity index (χ0v) is 10.3. The summed E-state index contributed by atoms with van der Waals surface area (Å²) in [7, 11) is -3.23. The summed E-state index contributed by atoms with van der Waals surface area (Å²) in [6.07, 6.45) is 0. The van der Waals surface area contributed by atoms with Gasteiger partial charge in [-0.3, -0.25) is 0 Å². The van der Waals surface area contributed by atoms with Crippen molar-refractivity contribution >= 4 is 33.8 Å². The van der Waals surface area contributed by atoms with Gasteiger partial charge in [-0.2, -0.15) is 0 Å². The van der Waals surface area contributed by atoms with Gasteiger partial charge in [-0.1, -0.05) is 0 Å². The second kappa shape index (κ2) is 3.29. The number of sulfone groups is 1. The Balaban J connectivity index is 3.33. The topological polar surface area (TPSA) is 34.1 Å². The molecule has 0 aliphatic carbocycles. The van der Waals surface area contributed by atoms with Crippen molar-refractivity contribution < 1.29 is 8.42 Å². The summed E-state index contributed by atoms with van der Waals surface area (Å²) in [5.41, 5.74) is 0. The quantitative estimate of drug-likeness (QED) is 0.761. The average molecular weight is 236 g/mol. The molecule has 0 spiro atoms. The van der Waals surface area contributed by atoms with E-state index in [9.17, 15) is 8.42 Å². The smallest absolute Gasteiger partial charge is 0.185 e. The lowest BCUT2D eigenvalue weighted by Gasteiger charge is -2.18. The van der Waals surface area contributed by atoms with Crippen LogP contribution in [0.25, 0.3) is 0 Å². The van der Waals surface area contributed by atoms with Crippen LogP contribution in [0.1, 0.15) is 20.8 Å². The maximum absolute atomic E-state index is 11.9. The molecule has 0 aromatic carbocycles. The Hall–Kier alpha value is -0.000000000000000111. The van der Waals surface area contributed by atoms with E-state index in [1.807, 2.05) is 0 Å². The third-order valence-electron chi connectivity index (χ3n) is 1.71. The van der Waals surface area contributed by atoms with Crippen LogP contribution in [-0.4, -0.2) is 13.2 Å². The average Bonchev–Trinajstić information content (AvgIpc) is 2.32. The van der Waals surface area contributed by atoms with Crippen molar-refractivity contribution in [1.29, 1.82) is 0 Å². The van der Waals surface area contributed by atoms with Gasteiger partial charge in [-0.05, 0) is 32.2 Å². The predicted molar refractivity (Wildman–Crippen MR) is 58.5 cm³/mol. The molecule has 1 rings (SSSR count). The number of rotatable bonds is 1. The normalized spacial score (nSPS) is 13.2. The molecule has 2 nitrogen and oxygen atoms in total. The number of hydrogen-bond donors (Lipinski definition) is 1. The lowest BCUT2D eigenvalue weighted by molar-refractivity contribution is 0.559. The minimum absolute atomic E-state index is 0.341. The van der Waals surface area contributed by atoms with E-state index in [2.05, 4.69) is 12.6 Å². The van der Waals surface area contributed by atoms with Crippen LogP contribution in [0.5, 0.6) is 0 Å². The van der Waals surface area contributed by atoms with Crippen molar-refractivity contribution in [2.75, 3.05) is 0 Å². The molecule has 0 unspecified atom stereocenters. The summed E-state index contributed by atoms with van der Waals surface area (Å²) < 4.78 is 23.6. The molecule has 0 N–H and O–H groups in total. The van der Waals surface area contributed by atoms with Crippen LogP contribution in [0.2, 0.25) is 0 Å². The molecule has 0 amide bonds. The molecule has 5 heteroatoms. The monoisotopic (exact) mass is 236 g/mol. The zero-order valence-electron chi connectivity index (χ0n) is 7.73. The van der Waals surface area contributed by atoms with Crippen LogP contribution in [0, 0.1) is 0 Å². The summed E-state index contributed by atoms with van der Waals surface area (Å²) >= 11 is 5.45. The Morgan fingerprint density at radius 1 is 1.38 bits per heavy atom. The summed E-state index contributed by atoms with van der Waals surface area (Å²) in [6.45, 7) is 5.06. The molecule has 0 saturated carbocycles. The molecular formula is C8H12O2S3. The van der Waals surface area contributed by atoms with E-state index >= 15 is 0 Å². The predicted octanol–water partition coefficient (Wildman–Crippen LogP) is 2.61. The van der Waals surface area contributed by atoms with Gasteiger partial charge in [0.25, 0.3) is 0 Å². The molecule has 0 bridgehead atoms. The second-order valence-corrected chi connectivity index (χ2v) is 8.04. The second-order valence-electron chi connectivity index (χ2n) is 3.71. The van der Waals surface area contributed by atoms with Crippen LogP contribution in [0.15, 0.2) is 20.6 Å². The molecular weight excluding hydrogens is 224 g/mol. The first kappa shape index (κ1) is 11.1. The number of thiophene rings is 1. The van der Waals surface area contributed by atoms with Gasteiger partial charge in [-0.25, -0.2) is 8.42 Å². The third-order valence-corrected chi connectivity index (χ3v) is 5.79. The van der Waals surface area contributed by atoms with Crippen molar-refractivity contribution in [2.45, 2.75) is 34.6 Å². The first-order valence-electron chi connectivity index (χ1n) is 3.78. The van der Waals surface area contributed by atoms with Gasteiger partial charge >= 0.3 is 0 Å². The number of thiol groups is 1. The van der Waals surface area contributed by atoms with Crippen LogP contribution in [-0.2, 0) is 9.84 Å². The zero-order chi connectivity index (χ0) is 10.3. The SMILES string of the molecule is CC(C)(C)S(=O)(=O)c1ccsc1S. The Morgan fingerprint density at radius 2 is 1.92 bits per heavy atom. The van der Waals surface area contributed by atoms with E-state index in [1.54, 1.807) is 32.2 Å². The maximum atomic E-state index is 11.9.